The smallest absolute Gasteiger partial charge is 0.292 e. The minimum Gasteiger partial charge on any atom is -0.491 e. The molecule has 7 heteroatoms. The number of likely N-dealkylation sites (N-methyl/N-ethyl adjacent to an activating group) is 1. The Labute approximate surface area is 208 Å². The molecule has 0 saturated carbocycles. The van der Waals surface area contributed by atoms with E-state index in [1.54, 1.807) is 6.07 Å². The molecular weight excluding hydrogens is 442 g/mol. The quantitative estimate of drug-likeness (QED) is 0.632. The van der Waals surface area contributed by atoms with Gasteiger partial charge in [-0.3, -0.25) is 9.59 Å². The van der Waals surface area contributed by atoms with Crippen LogP contribution in [0.2, 0.25) is 0 Å². The fourth-order valence-electron chi connectivity index (χ4n) is 5.40. The lowest BCUT2D eigenvalue weighted by Crippen LogP contribution is -2.51. The van der Waals surface area contributed by atoms with E-state index in [4.69, 9.17) is 9.26 Å². The summed E-state index contributed by atoms with van der Waals surface area (Å²) in [4.78, 5) is 30.4. The van der Waals surface area contributed by atoms with Crippen molar-refractivity contribution >= 4 is 11.8 Å². The van der Waals surface area contributed by atoms with Crippen LogP contribution in [0.1, 0.15) is 74.2 Å². The van der Waals surface area contributed by atoms with Gasteiger partial charge in [-0.05, 0) is 56.1 Å². The van der Waals surface area contributed by atoms with Gasteiger partial charge >= 0.3 is 0 Å². The first-order valence-corrected chi connectivity index (χ1v) is 13.1. The summed E-state index contributed by atoms with van der Waals surface area (Å²) in [6.45, 7) is 6.37. The Bertz CT molecular complexity index is 1010. The summed E-state index contributed by atoms with van der Waals surface area (Å²) >= 11 is 0. The van der Waals surface area contributed by atoms with Gasteiger partial charge in [0.05, 0.1) is 17.7 Å². The summed E-state index contributed by atoms with van der Waals surface area (Å²) in [6.07, 6.45) is 7.16. The van der Waals surface area contributed by atoms with Gasteiger partial charge < -0.3 is 19.1 Å². The van der Waals surface area contributed by atoms with Crippen molar-refractivity contribution in [2.75, 3.05) is 33.3 Å². The number of aryl methyl sites for hydroxylation is 1. The Balaban J connectivity index is 1.41. The van der Waals surface area contributed by atoms with E-state index in [0.29, 0.717) is 50.8 Å². The summed E-state index contributed by atoms with van der Waals surface area (Å²) in [5.74, 6) is 1.73. The van der Waals surface area contributed by atoms with E-state index in [0.717, 1.165) is 50.0 Å². The molecule has 0 unspecified atom stereocenters. The van der Waals surface area contributed by atoms with Crippen LogP contribution in [-0.4, -0.2) is 60.1 Å². The highest BCUT2D eigenvalue weighted by Crippen LogP contribution is 2.39. The van der Waals surface area contributed by atoms with Crippen LogP contribution in [0.3, 0.4) is 0 Å². The molecule has 3 heterocycles. The van der Waals surface area contributed by atoms with Crippen LogP contribution in [0.25, 0.3) is 0 Å². The first-order chi connectivity index (χ1) is 16.9. The highest BCUT2D eigenvalue weighted by molar-refractivity contribution is 5.92. The third-order valence-electron chi connectivity index (χ3n) is 7.45. The molecule has 4 rings (SSSR count). The van der Waals surface area contributed by atoms with E-state index in [-0.39, 0.29) is 11.8 Å². The van der Waals surface area contributed by atoms with Gasteiger partial charge in [-0.1, -0.05) is 50.0 Å². The lowest BCUT2D eigenvalue weighted by atomic mass is 9.73. The molecular formula is C28H39N3O4. The standard InChI is InChI=1S/C28H39N3O4/c1-21(2)19-23-20-25(35-29-23)26(32)31-15-13-28(14-16-31)12-8-4-5-9-22-10-6-7-11-24(22)34-18-17-30(3)27(28)33/h6-7,10-11,20-21H,4-5,8-9,12-19H2,1-3H3. The second-order valence-electron chi connectivity index (χ2n) is 10.6. The Morgan fingerprint density at radius 2 is 1.86 bits per heavy atom. The third kappa shape index (κ3) is 6.06. The molecule has 0 N–H and O–H groups in total. The second kappa shape index (κ2) is 11.3. The number of likely N-dealkylation sites (tertiary alicyclic amines) is 1. The maximum Gasteiger partial charge on any atom is 0.292 e. The average Bonchev–Trinajstić information content (AvgIpc) is 3.31. The van der Waals surface area contributed by atoms with Crippen molar-refractivity contribution in [3.63, 3.8) is 0 Å². The SMILES string of the molecule is CC(C)Cc1cc(C(=O)N2CCC3(CCCCCc4ccccc4OCCN(C)C3=O)CC2)on1. The zero-order valence-electron chi connectivity index (χ0n) is 21.4. The number of para-hydroxylation sites is 1. The summed E-state index contributed by atoms with van der Waals surface area (Å²) in [7, 11) is 1.88. The summed E-state index contributed by atoms with van der Waals surface area (Å²) < 4.78 is 11.4. The van der Waals surface area contributed by atoms with Gasteiger partial charge in [0.1, 0.15) is 12.4 Å². The van der Waals surface area contributed by atoms with Crippen LogP contribution in [0.5, 0.6) is 5.75 Å². The van der Waals surface area contributed by atoms with Crippen molar-refractivity contribution in [3.8, 4) is 5.75 Å². The molecule has 35 heavy (non-hydrogen) atoms. The van der Waals surface area contributed by atoms with Gasteiger partial charge in [-0.2, -0.15) is 0 Å². The number of hydrogen-bond donors (Lipinski definition) is 0. The van der Waals surface area contributed by atoms with Crippen molar-refractivity contribution in [1.29, 1.82) is 0 Å². The molecule has 1 spiro atoms. The predicted octanol–water partition coefficient (Wildman–Crippen LogP) is 4.75. The van der Waals surface area contributed by atoms with Gasteiger partial charge in [0.2, 0.25) is 11.7 Å². The fraction of sp³-hybridized carbons (Fsp3) is 0.607. The molecule has 0 bridgehead atoms. The van der Waals surface area contributed by atoms with Crippen molar-refractivity contribution < 1.29 is 18.8 Å². The van der Waals surface area contributed by atoms with E-state index in [1.165, 1.54) is 5.56 Å². The van der Waals surface area contributed by atoms with Crippen molar-refractivity contribution in [3.05, 3.63) is 47.3 Å². The lowest BCUT2D eigenvalue weighted by molar-refractivity contribution is -0.144. The number of amides is 2. The lowest BCUT2D eigenvalue weighted by Gasteiger charge is -2.42. The molecule has 2 aromatic rings. The first kappa shape index (κ1) is 25.3. The van der Waals surface area contributed by atoms with Crippen LogP contribution >= 0.6 is 0 Å². The molecule has 190 valence electrons. The zero-order chi connectivity index (χ0) is 24.8. The van der Waals surface area contributed by atoms with Crippen LogP contribution in [0.4, 0.5) is 0 Å². The predicted molar refractivity (Wildman–Crippen MR) is 134 cm³/mol. The second-order valence-corrected chi connectivity index (χ2v) is 10.6. The van der Waals surface area contributed by atoms with Crippen molar-refractivity contribution in [2.24, 2.45) is 11.3 Å². The molecule has 1 aromatic carbocycles. The summed E-state index contributed by atoms with van der Waals surface area (Å²) in [5.41, 5.74) is 1.64. The maximum absolute atomic E-state index is 13.7. The highest BCUT2D eigenvalue weighted by Gasteiger charge is 2.43. The molecule has 7 nitrogen and oxygen atoms in total. The number of carbonyl (C=O) groups excluding carboxylic acids is 2. The molecule has 0 aliphatic carbocycles. The maximum atomic E-state index is 13.7. The van der Waals surface area contributed by atoms with E-state index < -0.39 is 5.41 Å². The zero-order valence-corrected chi connectivity index (χ0v) is 21.4. The van der Waals surface area contributed by atoms with Gasteiger partial charge in [0.25, 0.3) is 5.91 Å². The highest BCUT2D eigenvalue weighted by atomic mass is 16.5. The molecule has 2 aliphatic heterocycles. The van der Waals surface area contributed by atoms with Crippen LogP contribution in [0, 0.1) is 11.3 Å². The molecule has 2 aliphatic rings. The number of carbonyl (C=O) groups is 2. The molecule has 1 saturated heterocycles. The Hall–Kier alpha value is -2.83. The molecule has 0 atom stereocenters. The minimum absolute atomic E-state index is 0.126. The average molecular weight is 482 g/mol. The van der Waals surface area contributed by atoms with Crippen LogP contribution in [-0.2, 0) is 17.6 Å². The molecule has 2 amide bonds. The number of rotatable bonds is 3. The van der Waals surface area contributed by atoms with Gasteiger partial charge in [0, 0.05) is 26.2 Å². The van der Waals surface area contributed by atoms with E-state index >= 15 is 0 Å². The first-order valence-electron chi connectivity index (χ1n) is 13.1. The van der Waals surface area contributed by atoms with E-state index in [2.05, 4.69) is 31.1 Å². The van der Waals surface area contributed by atoms with Gasteiger partial charge in [-0.25, -0.2) is 0 Å². The van der Waals surface area contributed by atoms with Gasteiger partial charge in [-0.15, -0.1) is 0 Å². The molecule has 1 fully saturated rings. The number of nitrogens with zero attached hydrogens (tertiary/aromatic N) is 3. The van der Waals surface area contributed by atoms with Crippen LogP contribution in [0.15, 0.2) is 34.9 Å². The number of hydrogen-bond acceptors (Lipinski definition) is 5. The van der Waals surface area contributed by atoms with Crippen LogP contribution < -0.4 is 4.74 Å². The topological polar surface area (TPSA) is 75.9 Å². The Morgan fingerprint density at radius 3 is 2.63 bits per heavy atom. The monoisotopic (exact) mass is 481 g/mol. The summed E-state index contributed by atoms with van der Waals surface area (Å²) in [6, 6.07) is 9.98. The Morgan fingerprint density at radius 1 is 1.09 bits per heavy atom. The van der Waals surface area contributed by atoms with Crippen molar-refractivity contribution in [1.82, 2.24) is 15.0 Å². The normalized spacial score (nSPS) is 19.5. The third-order valence-corrected chi connectivity index (χ3v) is 7.45. The Kier molecular flexibility index (Phi) is 8.14. The summed E-state index contributed by atoms with van der Waals surface area (Å²) in [5, 5.41) is 4.06. The molecule has 0 radical (unpaired) electrons. The fourth-order valence-corrected chi connectivity index (χ4v) is 5.40. The van der Waals surface area contributed by atoms with E-state index in [9.17, 15) is 9.59 Å². The molecule has 1 aromatic heterocycles. The van der Waals surface area contributed by atoms with Gasteiger partial charge in [0.15, 0.2) is 0 Å². The number of ether oxygens (including phenoxy) is 1. The van der Waals surface area contributed by atoms with E-state index in [1.807, 2.05) is 29.0 Å². The number of benzene rings is 1. The number of piperidine rings is 1. The minimum atomic E-state index is -0.420. The van der Waals surface area contributed by atoms with Crippen molar-refractivity contribution in [2.45, 2.75) is 65.2 Å². The number of fused-ring (bicyclic) bond motifs is 1. The number of aromatic nitrogens is 1. The largest absolute Gasteiger partial charge is 0.491 e.